The lowest BCUT2D eigenvalue weighted by atomic mass is 10.2. The Morgan fingerprint density at radius 1 is 1.08 bits per heavy atom. The highest BCUT2D eigenvalue weighted by Gasteiger charge is 2.21. The molecule has 0 unspecified atom stereocenters. The number of aryl methyl sites for hydroxylation is 1. The predicted molar refractivity (Wildman–Crippen MR) is 96.9 cm³/mol. The number of halogens is 1. The van der Waals surface area contributed by atoms with Crippen molar-refractivity contribution in [2.75, 3.05) is 37.7 Å². The molecule has 2 aromatic rings. The molecule has 0 aromatic heterocycles. The van der Waals surface area contributed by atoms with E-state index in [0.29, 0.717) is 23.9 Å². The van der Waals surface area contributed by atoms with Crippen LogP contribution in [0.15, 0.2) is 48.5 Å². The zero-order valence-corrected chi connectivity index (χ0v) is 14.5. The van der Waals surface area contributed by atoms with Crippen molar-refractivity contribution in [1.29, 1.82) is 0 Å². The fourth-order valence-electron chi connectivity index (χ4n) is 2.83. The van der Waals surface area contributed by atoms with Gasteiger partial charge in [0.15, 0.2) is 6.61 Å². The van der Waals surface area contributed by atoms with Gasteiger partial charge >= 0.3 is 0 Å². The first-order valence-corrected chi connectivity index (χ1v) is 8.47. The maximum atomic E-state index is 12.3. The van der Waals surface area contributed by atoms with E-state index in [1.54, 1.807) is 18.2 Å². The van der Waals surface area contributed by atoms with Gasteiger partial charge in [-0.3, -0.25) is 4.79 Å². The van der Waals surface area contributed by atoms with Gasteiger partial charge in [0.1, 0.15) is 5.75 Å². The lowest BCUT2D eigenvalue weighted by Crippen LogP contribution is -2.50. The minimum Gasteiger partial charge on any atom is -0.484 e. The summed E-state index contributed by atoms with van der Waals surface area (Å²) in [6.07, 6.45) is 0. The number of carbonyl (C=O) groups excluding carboxylic acids is 1. The molecule has 3 rings (SSSR count). The molecule has 4 nitrogen and oxygen atoms in total. The maximum Gasteiger partial charge on any atom is 0.260 e. The second-order valence-electron chi connectivity index (χ2n) is 5.95. The van der Waals surface area contributed by atoms with Crippen LogP contribution >= 0.6 is 11.6 Å². The zero-order valence-electron chi connectivity index (χ0n) is 13.7. The zero-order chi connectivity index (χ0) is 16.9. The third kappa shape index (κ3) is 4.20. The van der Waals surface area contributed by atoms with E-state index in [1.165, 1.54) is 11.3 Å². The standard InChI is InChI=1S/C19H21ClN2O2/c1-15-4-2-6-17(12-15)21-8-10-22(11-9-21)19(23)14-24-18-7-3-5-16(20)13-18/h2-7,12-13H,8-11,14H2,1H3. The molecule has 126 valence electrons. The van der Waals surface area contributed by atoms with E-state index in [9.17, 15) is 4.79 Å². The monoisotopic (exact) mass is 344 g/mol. The van der Waals surface area contributed by atoms with Gasteiger partial charge in [-0.2, -0.15) is 0 Å². The van der Waals surface area contributed by atoms with Gasteiger partial charge in [0.05, 0.1) is 0 Å². The van der Waals surface area contributed by atoms with Crippen molar-refractivity contribution in [1.82, 2.24) is 4.90 Å². The highest BCUT2D eigenvalue weighted by atomic mass is 35.5. The van der Waals surface area contributed by atoms with E-state index in [-0.39, 0.29) is 12.5 Å². The minimum atomic E-state index is 0.0128. The fraction of sp³-hybridized carbons (Fsp3) is 0.316. The van der Waals surface area contributed by atoms with Crippen molar-refractivity contribution < 1.29 is 9.53 Å². The van der Waals surface area contributed by atoms with E-state index in [0.717, 1.165) is 13.1 Å². The van der Waals surface area contributed by atoms with Crippen molar-refractivity contribution >= 4 is 23.2 Å². The third-order valence-electron chi connectivity index (χ3n) is 4.16. The number of ether oxygens (including phenoxy) is 1. The predicted octanol–water partition coefficient (Wildman–Crippen LogP) is 3.38. The van der Waals surface area contributed by atoms with Crippen LogP contribution in [0.1, 0.15) is 5.56 Å². The number of hydrogen-bond donors (Lipinski definition) is 0. The molecule has 1 amide bonds. The molecule has 0 radical (unpaired) electrons. The molecule has 1 saturated heterocycles. The van der Waals surface area contributed by atoms with E-state index >= 15 is 0 Å². The van der Waals surface area contributed by atoms with Gasteiger partial charge in [-0.15, -0.1) is 0 Å². The Hall–Kier alpha value is -2.20. The van der Waals surface area contributed by atoms with Gasteiger partial charge in [-0.25, -0.2) is 0 Å². The van der Waals surface area contributed by atoms with Gasteiger partial charge in [0.2, 0.25) is 0 Å². The number of nitrogens with zero attached hydrogens (tertiary/aromatic N) is 2. The Kier molecular flexibility index (Phi) is 5.26. The van der Waals surface area contributed by atoms with Crippen LogP contribution in [0.4, 0.5) is 5.69 Å². The van der Waals surface area contributed by atoms with Crippen molar-refractivity contribution in [3.8, 4) is 5.75 Å². The summed E-state index contributed by atoms with van der Waals surface area (Å²) in [6.45, 7) is 5.25. The highest BCUT2D eigenvalue weighted by molar-refractivity contribution is 6.30. The van der Waals surface area contributed by atoms with Crippen LogP contribution in [0.2, 0.25) is 5.02 Å². The van der Waals surface area contributed by atoms with Gasteiger partial charge in [0, 0.05) is 36.9 Å². The number of anilines is 1. The highest BCUT2D eigenvalue weighted by Crippen LogP contribution is 2.19. The second-order valence-corrected chi connectivity index (χ2v) is 6.39. The van der Waals surface area contributed by atoms with E-state index in [4.69, 9.17) is 16.3 Å². The largest absolute Gasteiger partial charge is 0.484 e. The fourth-order valence-corrected chi connectivity index (χ4v) is 3.01. The van der Waals surface area contributed by atoms with Crippen LogP contribution in [0, 0.1) is 6.92 Å². The summed E-state index contributed by atoms with van der Waals surface area (Å²) in [5.74, 6) is 0.633. The SMILES string of the molecule is Cc1cccc(N2CCN(C(=O)COc3cccc(Cl)c3)CC2)c1. The normalized spacial score (nSPS) is 14.6. The first-order chi connectivity index (χ1) is 11.6. The van der Waals surface area contributed by atoms with Crippen molar-refractivity contribution in [3.05, 3.63) is 59.1 Å². The van der Waals surface area contributed by atoms with E-state index in [2.05, 4.69) is 36.1 Å². The number of amides is 1. The summed E-state index contributed by atoms with van der Waals surface area (Å²) in [5, 5.41) is 0.603. The Labute approximate surface area is 147 Å². The molecule has 0 N–H and O–H groups in total. The molecule has 0 spiro atoms. The average molecular weight is 345 g/mol. The summed E-state index contributed by atoms with van der Waals surface area (Å²) in [4.78, 5) is 16.5. The van der Waals surface area contributed by atoms with Gasteiger partial charge in [0.25, 0.3) is 5.91 Å². The lowest BCUT2D eigenvalue weighted by molar-refractivity contribution is -0.133. The van der Waals surface area contributed by atoms with Crippen LogP contribution in [0.5, 0.6) is 5.75 Å². The van der Waals surface area contributed by atoms with E-state index < -0.39 is 0 Å². The molecule has 1 heterocycles. The van der Waals surface area contributed by atoms with Crippen LogP contribution in [0.25, 0.3) is 0 Å². The topological polar surface area (TPSA) is 32.8 Å². The molecule has 2 aromatic carbocycles. The lowest BCUT2D eigenvalue weighted by Gasteiger charge is -2.36. The number of piperazine rings is 1. The Morgan fingerprint density at radius 2 is 1.83 bits per heavy atom. The number of hydrogen-bond acceptors (Lipinski definition) is 3. The summed E-state index contributed by atoms with van der Waals surface area (Å²) in [5.41, 5.74) is 2.47. The molecule has 0 atom stereocenters. The second kappa shape index (κ2) is 7.58. The number of carbonyl (C=O) groups is 1. The van der Waals surface area contributed by atoms with Gasteiger partial charge in [-0.05, 0) is 42.8 Å². The molecule has 0 aliphatic carbocycles. The van der Waals surface area contributed by atoms with Crippen molar-refractivity contribution in [2.24, 2.45) is 0 Å². The maximum absolute atomic E-state index is 12.3. The molecule has 5 heteroatoms. The molecular formula is C19H21ClN2O2. The summed E-state index contributed by atoms with van der Waals surface area (Å²) < 4.78 is 5.54. The molecule has 1 aliphatic heterocycles. The Morgan fingerprint density at radius 3 is 2.54 bits per heavy atom. The molecule has 1 fully saturated rings. The smallest absolute Gasteiger partial charge is 0.260 e. The average Bonchev–Trinajstić information content (AvgIpc) is 2.60. The first kappa shape index (κ1) is 16.7. The summed E-state index contributed by atoms with van der Waals surface area (Å²) in [6, 6.07) is 15.6. The Bertz CT molecular complexity index is 712. The van der Waals surface area contributed by atoms with Crippen molar-refractivity contribution in [3.63, 3.8) is 0 Å². The molecule has 0 saturated carbocycles. The molecule has 0 bridgehead atoms. The number of rotatable bonds is 4. The van der Waals surface area contributed by atoms with Crippen LogP contribution in [-0.4, -0.2) is 43.6 Å². The molecule has 1 aliphatic rings. The molecule has 24 heavy (non-hydrogen) atoms. The van der Waals surface area contributed by atoms with Gasteiger partial charge in [-0.1, -0.05) is 29.8 Å². The summed E-state index contributed by atoms with van der Waals surface area (Å²) >= 11 is 5.91. The van der Waals surface area contributed by atoms with Crippen LogP contribution in [-0.2, 0) is 4.79 Å². The van der Waals surface area contributed by atoms with Crippen LogP contribution < -0.4 is 9.64 Å². The third-order valence-corrected chi connectivity index (χ3v) is 4.39. The first-order valence-electron chi connectivity index (χ1n) is 8.09. The van der Waals surface area contributed by atoms with Gasteiger partial charge < -0.3 is 14.5 Å². The Balaban J connectivity index is 1.50. The van der Waals surface area contributed by atoms with Crippen molar-refractivity contribution in [2.45, 2.75) is 6.92 Å². The van der Waals surface area contributed by atoms with Crippen LogP contribution in [0.3, 0.4) is 0 Å². The molecular weight excluding hydrogens is 324 g/mol. The van der Waals surface area contributed by atoms with E-state index in [1.807, 2.05) is 11.0 Å². The quantitative estimate of drug-likeness (QED) is 0.852. The number of benzene rings is 2. The summed E-state index contributed by atoms with van der Waals surface area (Å²) in [7, 11) is 0. The minimum absolute atomic E-state index is 0.0128.